The summed E-state index contributed by atoms with van der Waals surface area (Å²) in [5.41, 5.74) is 1.50. The molecule has 26 heavy (non-hydrogen) atoms. The van der Waals surface area contributed by atoms with E-state index in [1.807, 2.05) is 12.1 Å². The van der Waals surface area contributed by atoms with Gasteiger partial charge in [0.1, 0.15) is 4.32 Å². The molecule has 7 heteroatoms. The predicted octanol–water partition coefficient (Wildman–Crippen LogP) is 1.56. The van der Waals surface area contributed by atoms with Crippen LogP contribution in [0.25, 0.3) is 6.08 Å². The van der Waals surface area contributed by atoms with Gasteiger partial charge in [0.05, 0.1) is 24.5 Å². The van der Waals surface area contributed by atoms with E-state index in [1.165, 1.54) is 16.7 Å². The topological polar surface area (TPSA) is 53.9 Å². The Morgan fingerprint density at radius 3 is 2.46 bits per heavy atom. The lowest BCUT2D eigenvalue weighted by molar-refractivity contribution is -0.896. The molecule has 0 radical (unpaired) electrons. The highest BCUT2D eigenvalue weighted by Gasteiger charge is 2.28. The molecule has 1 fully saturated rings. The molecule has 1 aromatic carbocycles. The zero-order chi connectivity index (χ0) is 19.1. The van der Waals surface area contributed by atoms with Crippen molar-refractivity contribution in [1.29, 1.82) is 0 Å². The highest BCUT2D eigenvalue weighted by atomic mass is 32.2. The average molecular weight is 393 g/mol. The maximum absolute atomic E-state index is 12.2. The van der Waals surface area contributed by atoms with Gasteiger partial charge in [0, 0.05) is 25.6 Å². The molecule has 0 aliphatic carbocycles. The Morgan fingerprint density at radius 1 is 1.27 bits per heavy atom. The summed E-state index contributed by atoms with van der Waals surface area (Å²) in [4.78, 5) is 27.8. The second-order valence-corrected chi connectivity index (χ2v) is 7.86. The number of amides is 2. The van der Waals surface area contributed by atoms with Gasteiger partial charge in [-0.25, -0.2) is 0 Å². The molecule has 1 aliphatic rings. The van der Waals surface area contributed by atoms with Crippen LogP contribution in [0.4, 0.5) is 0 Å². The van der Waals surface area contributed by atoms with Crippen LogP contribution in [0.5, 0.6) is 0 Å². The molecular weight excluding hydrogens is 366 g/mol. The molecule has 2 amide bonds. The van der Waals surface area contributed by atoms with Crippen molar-refractivity contribution in [3.63, 3.8) is 0 Å². The summed E-state index contributed by atoms with van der Waals surface area (Å²) in [6, 6.07) is 7.25. The van der Waals surface area contributed by atoms with Gasteiger partial charge < -0.3 is 10.2 Å². The fraction of sp³-hybridized carbons (Fsp3) is 0.421. The normalized spacial score (nSPS) is 16.0. The number of hydrogen-bond donors (Lipinski definition) is 2. The van der Waals surface area contributed by atoms with Crippen molar-refractivity contribution < 1.29 is 14.5 Å². The highest BCUT2D eigenvalue weighted by molar-refractivity contribution is 8.26. The Hall–Kier alpha value is -1.70. The summed E-state index contributed by atoms with van der Waals surface area (Å²) in [5, 5.41) is 2.96. The van der Waals surface area contributed by atoms with Gasteiger partial charge in [0.15, 0.2) is 0 Å². The molecule has 140 valence electrons. The van der Waals surface area contributed by atoms with Crippen molar-refractivity contribution in [1.82, 2.24) is 10.2 Å². The smallest absolute Gasteiger partial charge is 0.265 e. The molecule has 2 N–H and O–H groups in total. The first-order valence-corrected chi connectivity index (χ1v) is 10.1. The number of quaternary nitrogens is 1. The van der Waals surface area contributed by atoms with E-state index in [2.05, 4.69) is 19.2 Å². The standard InChI is InChI=1S/C19H25N3O2S2/c1-4-22(5-2)12-6-11-20-17(23)15-9-7-14(8-10-15)13-16-18(24)21(3)19(25)26-16/h7-10,13H,4-6,11-12H2,1-3H3,(H,20,23)/p+1/b16-13-. The van der Waals surface area contributed by atoms with Crippen molar-refractivity contribution in [2.45, 2.75) is 20.3 Å². The molecule has 2 rings (SSSR count). The largest absolute Gasteiger partial charge is 0.352 e. The fourth-order valence-electron chi connectivity index (χ4n) is 2.67. The third-order valence-electron chi connectivity index (χ3n) is 4.45. The highest BCUT2D eigenvalue weighted by Crippen LogP contribution is 2.31. The molecule has 1 aromatic rings. The third kappa shape index (κ3) is 5.40. The van der Waals surface area contributed by atoms with Crippen LogP contribution in [-0.2, 0) is 4.79 Å². The van der Waals surface area contributed by atoms with Gasteiger partial charge in [0.2, 0.25) is 0 Å². The Balaban J connectivity index is 1.88. The maximum atomic E-state index is 12.2. The second-order valence-electron chi connectivity index (χ2n) is 6.18. The molecular formula is C19H26N3O2S2+. The number of benzene rings is 1. The van der Waals surface area contributed by atoms with E-state index in [1.54, 1.807) is 30.2 Å². The number of nitrogens with zero attached hydrogens (tertiary/aromatic N) is 1. The quantitative estimate of drug-likeness (QED) is 0.401. The molecule has 0 unspecified atom stereocenters. The number of rotatable bonds is 8. The minimum Gasteiger partial charge on any atom is -0.352 e. The van der Waals surface area contributed by atoms with E-state index in [9.17, 15) is 9.59 Å². The zero-order valence-electron chi connectivity index (χ0n) is 15.5. The van der Waals surface area contributed by atoms with Gasteiger partial charge in [-0.2, -0.15) is 0 Å². The van der Waals surface area contributed by atoms with E-state index in [0.717, 1.165) is 31.6 Å². The van der Waals surface area contributed by atoms with E-state index in [4.69, 9.17) is 12.2 Å². The molecule has 1 aliphatic heterocycles. The van der Waals surface area contributed by atoms with E-state index >= 15 is 0 Å². The Morgan fingerprint density at radius 2 is 1.92 bits per heavy atom. The molecule has 1 saturated heterocycles. The van der Waals surface area contributed by atoms with Crippen molar-refractivity contribution in [3.8, 4) is 0 Å². The summed E-state index contributed by atoms with van der Waals surface area (Å²) in [6.07, 6.45) is 2.77. The molecule has 0 saturated carbocycles. The summed E-state index contributed by atoms with van der Waals surface area (Å²) >= 11 is 6.42. The molecule has 0 spiro atoms. The number of carbonyl (C=O) groups is 2. The van der Waals surface area contributed by atoms with Crippen molar-refractivity contribution in [3.05, 3.63) is 40.3 Å². The van der Waals surface area contributed by atoms with Gasteiger partial charge in [0.25, 0.3) is 11.8 Å². The van der Waals surface area contributed by atoms with Gasteiger partial charge in [-0.15, -0.1) is 0 Å². The first kappa shape index (κ1) is 20.6. The average Bonchev–Trinajstić information content (AvgIpc) is 2.89. The Labute approximate surface area is 164 Å². The SMILES string of the molecule is CC[NH+](CC)CCCNC(=O)c1ccc(/C=C2\SC(=S)N(C)C2=O)cc1. The van der Waals surface area contributed by atoms with Crippen molar-refractivity contribution >= 4 is 46.2 Å². The number of thioether (sulfide) groups is 1. The van der Waals surface area contributed by atoms with Crippen molar-refractivity contribution in [2.24, 2.45) is 0 Å². The molecule has 5 nitrogen and oxygen atoms in total. The number of likely N-dealkylation sites (N-methyl/N-ethyl adjacent to an activating group) is 1. The lowest BCUT2D eigenvalue weighted by atomic mass is 10.1. The Bertz CT molecular complexity index is 697. The summed E-state index contributed by atoms with van der Waals surface area (Å²) in [6.45, 7) is 8.34. The van der Waals surface area contributed by atoms with Crippen LogP contribution in [0.1, 0.15) is 36.2 Å². The predicted molar refractivity (Wildman–Crippen MR) is 111 cm³/mol. The van der Waals surface area contributed by atoms with Crippen LogP contribution >= 0.6 is 24.0 Å². The molecule has 0 bridgehead atoms. The summed E-state index contributed by atoms with van der Waals surface area (Å²) in [7, 11) is 1.67. The van der Waals surface area contributed by atoms with Gasteiger partial charge in [-0.05, 0) is 37.6 Å². The zero-order valence-corrected chi connectivity index (χ0v) is 17.1. The second kappa shape index (κ2) is 9.85. The summed E-state index contributed by atoms with van der Waals surface area (Å²) in [5.74, 6) is -0.150. The lowest BCUT2D eigenvalue weighted by Crippen LogP contribution is -3.11. The van der Waals surface area contributed by atoms with E-state index in [-0.39, 0.29) is 11.8 Å². The van der Waals surface area contributed by atoms with Gasteiger partial charge in [-0.1, -0.05) is 36.1 Å². The van der Waals surface area contributed by atoms with Gasteiger partial charge in [-0.3, -0.25) is 14.5 Å². The maximum Gasteiger partial charge on any atom is 0.265 e. The lowest BCUT2D eigenvalue weighted by Gasteiger charge is -2.15. The van der Waals surface area contributed by atoms with Crippen LogP contribution in [0.2, 0.25) is 0 Å². The van der Waals surface area contributed by atoms with Crippen molar-refractivity contribution in [2.75, 3.05) is 33.2 Å². The first-order valence-electron chi connectivity index (χ1n) is 8.89. The first-order chi connectivity index (χ1) is 12.5. The van der Waals surface area contributed by atoms with Crippen LogP contribution < -0.4 is 10.2 Å². The van der Waals surface area contributed by atoms with Crippen LogP contribution in [0, 0.1) is 0 Å². The van der Waals surface area contributed by atoms with Crippen LogP contribution in [-0.4, -0.2) is 54.3 Å². The monoisotopic (exact) mass is 392 g/mol. The number of hydrogen-bond acceptors (Lipinski definition) is 4. The minimum absolute atomic E-state index is 0.0639. The number of thiocarbonyl (C=S) groups is 1. The van der Waals surface area contributed by atoms with Crippen LogP contribution in [0.3, 0.4) is 0 Å². The van der Waals surface area contributed by atoms with Crippen LogP contribution in [0.15, 0.2) is 29.2 Å². The molecule has 0 atom stereocenters. The third-order valence-corrected chi connectivity index (χ3v) is 5.93. The number of nitrogens with one attached hydrogen (secondary N) is 2. The number of carbonyl (C=O) groups excluding carboxylic acids is 2. The molecule has 1 heterocycles. The van der Waals surface area contributed by atoms with Gasteiger partial charge >= 0.3 is 0 Å². The van der Waals surface area contributed by atoms with E-state index < -0.39 is 0 Å². The Kier molecular flexibility index (Phi) is 7.81. The minimum atomic E-state index is -0.0860. The van der Waals surface area contributed by atoms with E-state index in [0.29, 0.717) is 21.3 Å². The molecule has 0 aromatic heterocycles. The fourth-order valence-corrected chi connectivity index (χ4v) is 3.85. The summed E-state index contributed by atoms with van der Waals surface area (Å²) < 4.78 is 0.559.